The second-order valence-corrected chi connectivity index (χ2v) is 7.85. The largest absolute Gasteiger partial charge is 0.335 e. The Morgan fingerprint density at radius 2 is 1.67 bits per heavy atom. The molecule has 2 amide bonds. The SMILES string of the molecule is Cc1ccc(N2N=C(C(=O)N3CCN(C4CCCC4)CC3)CCC2=O)cc1. The first kappa shape index (κ1) is 18.2. The molecule has 0 spiro atoms. The molecule has 0 radical (unpaired) electrons. The van der Waals surface area contributed by atoms with Gasteiger partial charge in [0, 0.05) is 45.1 Å². The molecule has 0 bridgehead atoms. The Morgan fingerprint density at radius 3 is 2.33 bits per heavy atom. The first-order chi connectivity index (χ1) is 13.1. The third-order valence-corrected chi connectivity index (χ3v) is 6.00. The number of amides is 2. The number of carbonyl (C=O) groups is 2. The maximum atomic E-state index is 13.0. The summed E-state index contributed by atoms with van der Waals surface area (Å²) in [4.78, 5) is 29.7. The highest BCUT2D eigenvalue weighted by Crippen LogP contribution is 2.25. The van der Waals surface area contributed by atoms with Crippen LogP contribution in [0.2, 0.25) is 0 Å². The molecule has 0 aromatic heterocycles. The zero-order valence-electron chi connectivity index (χ0n) is 16.1. The van der Waals surface area contributed by atoms with E-state index in [1.165, 1.54) is 30.7 Å². The molecular formula is C21H28N4O2. The van der Waals surface area contributed by atoms with Crippen molar-refractivity contribution < 1.29 is 9.59 Å². The van der Waals surface area contributed by atoms with E-state index in [9.17, 15) is 9.59 Å². The minimum absolute atomic E-state index is 0.00863. The van der Waals surface area contributed by atoms with Gasteiger partial charge in [0.05, 0.1) is 5.69 Å². The van der Waals surface area contributed by atoms with Crippen LogP contribution in [0.3, 0.4) is 0 Å². The lowest BCUT2D eigenvalue weighted by atomic mass is 10.1. The van der Waals surface area contributed by atoms with Gasteiger partial charge in [-0.25, -0.2) is 5.01 Å². The maximum absolute atomic E-state index is 13.0. The van der Waals surface area contributed by atoms with Crippen molar-refractivity contribution in [2.24, 2.45) is 5.10 Å². The van der Waals surface area contributed by atoms with E-state index in [1.54, 1.807) is 0 Å². The summed E-state index contributed by atoms with van der Waals surface area (Å²) in [6.45, 7) is 5.42. The topological polar surface area (TPSA) is 56.2 Å². The number of hydrogen-bond acceptors (Lipinski definition) is 4. The number of rotatable bonds is 3. The highest BCUT2D eigenvalue weighted by molar-refractivity contribution is 6.40. The Labute approximate surface area is 160 Å². The Balaban J connectivity index is 1.42. The number of aryl methyl sites for hydroxylation is 1. The van der Waals surface area contributed by atoms with Gasteiger partial charge in [-0.05, 0) is 31.9 Å². The summed E-state index contributed by atoms with van der Waals surface area (Å²) < 4.78 is 0. The van der Waals surface area contributed by atoms with Crippen LogP contribution in [0.4, 0.5) is 5.69 Å². The van der Waals surface area contributed by atoms with E-state index in [0.717, 1.165) is 37.4 Å². The van der Waals surface area contributed by atoms with Crippen LogP contribution in [0, 0.1) is 6.92 Å². The highest BCUT2D eigenvalue weighted by Gasteiger charge is 2.32. The molecule has 1 aromatic rings. The van der Waals surface area contributed by atoms with Gasteiger partial charge in [-0.15, -0.1) is 0 Å². The standard InChI is InChI=1S/C21H28N4O2/c1-16-6-8-18(9-7-16)25-20(26)11-10-19(22-25)21(27)24-14-12-23(13-15-24)17-4-2-3-5-17/h6-9,17H,2-5,10-15H2,1H3. The summed E-state index contributed by atoms with van der Waals surface area (Å²) in [5.41, 5.74) is 2.36. The first-order valence-electron chi connectivity index (χ1n) is 10.1. The molecular weight excluding hydrogens is 340 g/mol. The Kier molecular flexibility index (Phi) is 5.25. The van der Waals surface area contributed by atoms with Gasteiger partial charge < -0.3 is 4.90 Å². The average molecular weight is 368 g/mol. The summed E-state index contributed by atoms with van der Waals surface area (Å²) >= 11 is 0. The van der Waals surface area contributed by atoms with Gasteiger partial charge in [-0.3, -0.25) is 14.5 Å². The molecule has 1 saturated heterocycles. The normalized spacial score (nSPS) is 22.3. The fourth-order valence-electron chi connectivity index (χ4n) is 4.34. The lowest BCUT2D eigenvalue weighted by molar-refractivity contribution is -0.126. The number of carbonyl (C=O) groups excluding carboxylic acids is 2. The van der Waals surface area contributed by atoms with Gasteiger partial charge in [0.25, 0.3) is 5.91 Å². The van der Waals surface area contributed by atoms with Crippen molar-refractivity contribution >= 4 is 23.2 Å². The molecule has 0 N–H and O–H groups in total. The van der Waals surface area contributed by atoms with Crippen molar-refractivity contribution in [3.05, 3.63) is 29.8 Å². The van der Waals surface area contributed by atoms with E-state index in [0.29, 0.717) is 24.6 Å². The van der Waals surface area contributed by atoms with Crippen LogP contribution >= 0.6 is 0 Å². The van der Waals surface area contributed by atoms with Crippen LogP contribution in [0.25, 0.3) is 0 Å². The Morgan fingerprint density at radius 1 is 1.00 bits per heavy atom. The monoisotopic (exact) mass is 368 g/mol. The quantitative estimate of drug-likeness (QED) is 0.824. The van der Waals surface area contributed by atoms with Crippen molar-refractivity contribution in [3.8, 4) is 0 Å². The summed E-state index contributed by atoms with van der Waals surface area (Å²) in [5.74, 6) is -0.0628. The van der Waals surface area contributed by atoms with Crippen LogP contribution < -0.4 is 5.01 Å². The third-order valence-electron chi connectivity index (χ3n) is 6.00. The minimum atomic E-state index is -0.0542. The van der Waals surface area contributed by atoms with Gasteiger partial charge >= 0.3 is 0 Å². The molecule has 1 aromatic carbocycles. The smallest absolute Gasteiger partial charge is 0.270 e. The highest BCUT2D eigenvalue weighted by atomic mass is 16.2. The molecule has 0 atom stereocenters. The average Bonchev–Trinajstić information content (AvgIpc) is 3.24. The molecule has 4 rings (SSSR count). The fraction of sp³-hybridized carbons (Fsp3) is 0.571. The number of hydrazone groups is 1. The third kappa shape index (κ3) is 3.90. The van der Waals surface area contributed by atoms with Crippen molar-refractivity contribution in [2.45, 2.75) is 51.5 Å². The number of hydrogen-bond donors (Lipinski definition) is 0. The number of benzene rings is 1. The molecule has 3 aliphatic rings. The van der Waals surface area contributed by atoms with Gasteiger partial charge in [0.1, 0.15) is 5.71 Å². The molecule has 1 saturated carbocycles. The van der Waals surface area contributed by atoms with Crippen LogP contribution in [-0.4, -0.2) is 59.5 Å². The summed E-state index contributed by atoms with van der Waals surface area (Å²) in [5, 5.41) is 5.82. The molecule has 2 aliphatic heterocycles. The van der Waals surface area contributed by atoms with Crippen LogP contribution in [-0.2, 0) is 9.59 Å². The molecule has 144 valence electrons. The fourth-order valence-corrected chi connectivity index (χ4v) is 4.34. The molecule has 0 unspecified atom stereocenters. The van der Waals surface area contributed by atoms with Crippen LogP contribution in [0.5, 0.6) is 0 Å². The summed E-state index contributed by atoms with van der Waals surface area (Å²) in [6.07, 6.45) is 6.04. The van der Waals surface area contributed by atoms with E-state index in [1.807, 2.05) is 36.1 Å². The van der Waals surface area contributed by atoms with Crippen molar-refractivity contribution in [1.82, 2.24) is 9.80 Å². The maximum Gasteiger partial charge on any atom is 0.270 e. The molecule has 1 aliphatic carbocycles. The zero-order valence-corrected chi connectivity index (χ0v) is 16.1. The molecule has 6 heteroatoms. The van der Waals surface area contributed by atoms with Crippen LogP contribution in [0.15, 0.2) is 29.4 Å². The zero-order chi connectivity index (χ0) is 18.8. The van der Waals surface area contributed by atoms with Gasteiger partial charge in [-0.2, -0.15) is 5.10 Å². The van der Waals surface area contributed by atoms with E-state index in [-0.39, 0.29) is 11.8 Å². The first-order valence-corrected chi connectivity index (χ1v) is 10.1. The number of nitrogens with zero attached hydrogens (tertiary/aromatic N) is 4. The predicted octanol–water partition coefficient (Wildman–Crippen LogP) is 2.56. The van der Waals surface area contributed by atoms with Gasteiger partial charge in [-0.1, -0.05) is 30.5 Å². The predicted molar refractivity (Wildman–Crippen MR) is 106 cm³/mol. The van der Waals surface area contributed by atoms with E-state index < -0.39 is 0 Å². The minimum Gasteiger partial charge on any atom is -0.335 e. The Hall–Kier alpha value is -2.21. The van der Waals surface area contributed by atoms with Gasteiger partial charge in [0.15, 0.2) is 0 Å². The van der Waals surface area contributed by atoms with Gasteiger partial charge in [0.2, 0.25) is 5.91 Å². The molecule has 2 heterocycles. The summed E-state index contributed by atoms with van der Waals surface area (Å²) in [7, 11) is 0. The van der Waals surface area contributed by atoms with E-state index in [2.05, 4.69) is 10.0 Å². The number of piperazine rings is 1. The molecule has 6 nitrogen and oxygen atoms in total. The van der Waals surface area contributed by atoms with Crippen molar-refractivity contribution in [1.29, 1.82) is 0 Å². The van der Waals surface area contributed by atoms with E-state index >= 15 is 0 Å². The van der Waals surface area contributed by atoms with Crippen molar-refractivity contribution in [3.63, 3.8) is 0 Å². The second kappa shape index (κ2) is 7.80. The molecule has 2 fully saturated rings. The Bertz CT molecular complexity index is 729. The lowest BCUT2D eigenvalue weighted by Crippen LogP contribution is -2.53. The lowest BCUT2D eigenvalue weighted by Gasteiger charge is -2.38. The number of anilines is 1. The summed E-state index contributed by atoms with van der Waals surface area (Å²) in [6, 6.07) is 8.38. The van der Waals surface area contributed by atoms with Crippen LogP contribution in [0.1, 0.15) is 44.1 Å². The van der Waals surface area contributed by atoms with E-state index in [4.69, 9.17) is 0 Å². The van der Waals surface area contributed by atoms with Crippen molar-refractivity contribution in [2.75, 3.05) is 31.2 Å². The molecule has 27 heavy (non-hydrogen) atoms. The second-order valence-electron chi connectivity index (χ2n) is 7.85.